The third-order valence-electron chi connectivity index (χ3n) is 3.65. The Morgan fingerprint density at radius 2 is 1.96 bits per heavy atom. The van der Waals surface area contributed by atoms with Crippen LogP contribution in [0, 0.1) is 6.92 Å². The molecule has 0 saturated heterocycles. The Hall–Kier alpha value is -2.59. The van der Waals surface area contributed by atoms with E-state index in [9.17, 15) is 9.59 Å². The number of benzene rings is 2. The minimum absolute atomic E-state index is 0.145. The fraction of sp³-hybridized carbons (Fsp3) is 0.158. The Kier molecular flexibility index (Phi) is 4.40. The molecule has 0 radical (unpaired) electrons. The van der Waals surface area contributed by atoms with Gasteiger partial charge in [0, 0.05) is 10.4 Å². The van der Waals surface area contributed by atoms with Gasteiger partial charge in [0.15, 0.2) is 0 Å². The van der Waals surface area contributed by atoms with Gasteiger partial charge >= 0.3 is 11.6 Å². The van der Waals surface area contributed by atoms with Crippen molar-refractivity contribution in [2.75, 3.05) is 0 Å². The largest absolute Gasteiger partial charge is 0.423 e. The first-order chi connectivity index (χ1) is 11.5. The quantitative estimate of drug-likeness (QED) is 0.398. The van der Waals surface area contributed by atoms with E-state index in [1.807, 2.05) is 26.0 Å². The zero-order valence-electron chi connectivity index (χ0n) is 13.3. The third kappa shape index (κ3) is 3.34. The zero-order valence-corrected chi connectivity index (χ0v) is 14.0. The van der Waals surface area contributed by atoms with E-state index in [1.54, 1.807) is 18.2 Å². The highest BCUT2D eigenvalue weighted by molar-refractivity contribution is 6.30. The van der Waals surface area contributed by atoms with Crippen LogP contribution in [0.3, 0.4) is 0 Å². The fourth-order valence-electron chi connectivity index (χ4n) is 2.46. The molecule has 0 aliphatic carbocycles. The van der Waals surface area contributed by atoms with Crippen molar-refractivity contribution in [3.8, 4) is 5.75 Å². The predicted octanol–water partition coefficient (Wildman–Crippen LogP) is 4.54. The van der Waals surface area contributed by atoms with Gasteiger partial charge in [0.2, 0.25) is 0 Å². The first-order valence-corrected chi connectivity index (χ1v) is 7.90. The Bertz CT molecular complexity index is 968. The number of halogens is 1. The number of esters is 1. The van der Waals surface area contributed by atoms with Crippen molar-refractivity contribution in [3.05, 3.63) is 74.6 Å². The number of fused-ring (bicyclic) bond motifs is 1. The SMILES string of the molecule is CCc1ccc2oc(=O)c(C(=O)Oc3cc(C)cc(Cl)c3)cc2c1. The van der Waals surface area contributed by atoms with Crippen molar-refractivity contribution >= 4 is 28.5 Å². The topological polar surface area (TPSA) is 56.5 Å². The molecule has 0 aliphatic heterocycles. The smallest absolute Gasteiger partial charge is 0.351 e. The minimum atomic E-state index is -0.769. The molecule has 1 aromatic heterocycles. The molecule has 5 heteroatoms. The molecule has 0 atom stereocenters. The van der Waals surface area contributed by atoms with Gasteiger partial charge in [-0.05, 0) is 60.9 Å². The lowest BCUT2D eigenvalue weighted by Crippen LogP contribution is -2.18. The first-order valence-electron chi connectivity index (χ1n) is 7.52. The van der Waals surface area contributed by atoms with Crippen LogP contribution in [-0.4, -0.2) is 5.97 Å². The van der Waals surface area contributed by atoms with Gasteiger partial charge < -0.3 is 9.15 Å². The molecule has 3 aromatic rings. The maximum Gasteiger partial charge on any atom is 0.351 e. The average molecular weight is 343 g/mol. The van der Waals surface area contributed by atoms with Crippen molar-refractivity contribution in [1.82, 2.24) is 0 Å². The van der Waals surface area contributed by atoms with Crippen LogP contribution in [0.4, 0.5) is 0 Å². The molecule has 0 saturated carbocycles. The molecular formula is C19H15ClO4. The summed E-state index contributed by atoms with van der Waals surface area (Å²) in [5.74, 6) is -0.485. The van der Waals surface area contributed by atoms with Gasteiger partial charge in [0.05, 0.1) is 0 Å². The second-order valence-corrected chi connectivity index (χ2v) is 5.96. The summed E-state index contributed by atoms with van der Waals surface area (Å²) < 4.78 is 10.5. The van der Waals surface area contributed by atoms with Crippen LogP contribution in [-0.2, 0) is 6.42 Å². The number of hydrogen-bond donors (Lipinski definition) is 0. The monoisotopic (exact) mass is 342 g/mol. The fourth-order valence-corrected chi connectivity index (χ4v) is 2.74. The third-order valence-corrected chi connectivity index (χ3v) is 3.87. The number of carbonyl (C=O) groups is 1. The number of rotatable bonds is 3. The molecule has 3 rings (SSSR count). The molecule has 122 valence electrons. The maximum atomic E-state index is 12.3. The van der Waals surface area contributed by atoms with E-state index in [0.717, 1.165) is 17.5 Å². The van der Waals surface area contributed by atoms with Crippen molar-refractivity contribution in [1.29, 1.82) is 0 Å². The molecule has 1 heterocycles. The van der Waals surface area contributed by atoms with Gasteiger partial charge in [-0.1, -0.05) is 24.6 Å². The molecular weight excluding hydrogens is 328 g/mol. The lowest BCUT2D eigenvalue weighted by molar-refractivity contribution is 0.0730. The van der Waals surface area contributed by atoms with Crippen molar-refractivity contribution < 1.29 is 13.9 Å². The van der Waals surface area contributed by atoms with Gasteiger partial charge in [-0.2, -0.15) is 0 Å². The van der Waals surface area contributed by atoms with E-state index < -0.39 is 11.6 Å². The standard InChI is InChI=1S/C19H15ClO4/c1-3-12-4-5-17-13(8-12)9-16(19(22)24-17)18(21)23-15-7-11(2)6-14(20)10-15/h4-10H,3H2,1-2H3. The Labute approximate surface area is 143 Å². The highest BCUT2D eigenvalue weighted by Crippen LogP contribution is 2.22. The van der Waals surface area contributed by atoms with Gasteiger partial charge in [-0.25, -0.2) is 9.59 Å². The second-order valence-electron chi connectivity index (χ2n) is 5.53. The summed E-state index contributed by atoms with van der Waals surface area (Å²) in [5.41, 5.74) is 1.50. The molecule has 24 heavy (non-hydrogen) atoms. The molecule has 0 N–H and O–H groups in total. The summed E-state index contributed by atoms with van der Waals surface area (Å²) in [6.45, 7) is 3.86. The highest BCUT2D eigenvalue weighted by Gasteiger charge is 2.16. The van der Waals surface area contributed by atoms with E-state index in [4.69, 9.17) is 20.8 Å². The molecule has 2 aromatic carbocycles. The van der Waals surface area contributed by atoms with Gasteiger partial charge in [-0.3, -0.25) is 0 Å². The number of hydrogen-bond acceptors (Lipinski definition) is 4. The van der Waals surface area contributed by atoms with Crippen molar-refractivity contribution in [2.24, 2.45) is 0 Å². The molecule has 0 amide bonds. The zero-order chi connectivity index (χ0) is 17.3. The Balaban J connectivity index is 1.99. The lowest BCUT2D eigenvalue weighted by Gasteiger charge is -2.06. The molecule has 0 bridgehead atoms. The van der Waals surface area contributed by atoms with E-state index in [1.165, 1.54) is 12.1 Å². The molecule has 0 aliphatic rings. The van der Waals surface area contributed by atoms with Crippen molar-refractivity contribution in [2.45, 2.75) is 20.3 Å². The summed E-state index contributed by atoms with van der Waals surface area (Å²) in [6.07, 6.45) is 0.844. The normalized spacial score (nSPS) is 10.8. The van der Waals surface area contributed by atoms with Crippen LogP contribution in [0.25, 0.3) is 11.0 Å². The van der Waals surface area contributed by atoms with Gasteiger partial charge in [0.25, 0.3) is 0 Å². The number of carbonyl (C=O) groups excluding carboxylic acids is 1. The van der Waals surface area contributed by atoms with Crippen LogP contribution >= 0.6 is 11.6 Å². The molecule has 0 fully saturated rings. The van der Waals surface area contributed by atoms with Crippen LogP contribution in [0.1, 0.15) is 28.4 Å². The van der Waals surface area contributed by atoms with Crippen LogP contribution in [0.2, 0.25) is 5.02 Å². The predicted molar refractivity (Wildman–Crippen MR) is 93.0 cm³/mol. The summed E-state index contributed by atoms with van der Waals surface area (Å²) in [5, 5.41) is 1.14. The average Bonchev–Trinajstić information content (AvgIpc) is 2.52. The minimum Gasteiger partial charge on any atom is -0.423 e. The lowest BCUT2D eigenvalue weighted by atomic mass is 10.1. The summed E-state index contributed by atoms with van der Waals surface area (Å²) >= 11 is 5.95. The molecule has 0 spiro atoms. The summed E-state index contributed by atoms with van der Waals surface area (Å²) in [7, 11) is 0. The van der Waals surface area contributed by atoms with E-state index >= 15 is 0 Å². The van der Waals surface area contributed by atoms with Crippen LogP contribution in [0.15, 0.2) is 51.7 Å². The van der Waals surface area contributed by atoms with Gasteiger partial charge in [-0.15, -0.1) is 0 Å². The van der Waals surface area contributed by atoms with Crippen molar-refractivity contribution in [3.63, 3.8) is 0 Å². The molecule has 0 unspecified atom stereocenters. The highest BCUT2D eigenvalue weighted by atomic mass is 35.5. The number of aryl methyl sites for hydroxylation is 2. The maximum absolute atomic E-state index is 12.3. The summed E-state index contributed by atoms with van der Waals surface area (Å²) in [4.78, 5) is 24.4. The number of ether oxygens (including phenoxy) is 1. The van der Waals surface area contributed by atoms with Gasteiger partial charge in [0.1, 0.15) is 16.9 Å². The summed E-state index contributed by atoms with van der Waals surface area (Å²) in [6, 6.07) is 11.9. The van der Waals surface area contributed by atoms with Crippen LogP contribution in [0.5, 0.6) is 5.75 Å². The van der Waals surface area contributed by atoms with Crippen LogP contribution < -0.4 is 10.4 Å². The molecule has 4 nitrogen and oxygen atoms in total. The Morgan fingerprint density at radius 3 is 2.67 bits per heavy atom. The second kappa shape index (κ2) is 6.49. The van der Waals surface area contributed by atoms with E-state index in [-0.39, 0.29) is 11.3 Å². The Morgan fingerprint density at radius 1 is 1.17 bits per heavy atom. The first kappa shape index (κ1) is 16.3. The van der Waals surface area contributed by atoms with E-state index in [2.05, 4.69) is 0 Å². The van der Waals surface area contributed by atoms with E-state index in [0.29, 0.717) is 16.0 Å².